The van der Waals surface area contributed by atoms with Crippen molar-refractivity contribution in [1.29, 1.82) is 0 Å². The number of nitrogens with one attached hydrogen (secondary N) is 1. The molecule has 2 aliphatic rings. The normalized spacial score (nSPS) is 19.8. The van der Waals surface area contributed by atoms with Gasteiger partial charge in [-0.2, -0.15) is 0 Å². The lowest BCUT2D eigenvalue weighted by molar-refractivity contribution is -0.139. The molecule has 0 aromatic heterocycles. The molecule has 174 valence electrons. The van der Waals surface area contributed by atoms with Gasteiger partial charge in [0.1, 0.15) is 6.04 Å². The predicted molar refractivity (Wildman–Crippen MR) is 116 cm³/mol. The largest absolute Gasteiger partial charge is 0.369 e. The van der Waals surface area contributed by atoms with Crippen molar-refractivity contribution >= 4 is 29.8 Å². The van der Waals surface area contributed by atoms with Crippen molar-refractivity contribution in [3.05, 3.63) is 29.3 Å². The van der Waals surface area contributed by atoms with E-state index in [0.29, 0.717) is 24.1 Å². The first-order valence-corrected chi connectivity index (χ1v) is 10.6. The first kappa shape index (κ1) is 23.8. The Hall–Kier alpha value is -2.82. The Labute approximate surface area is 187 Å². The number of anilines is 1. The molecular weight excluding hydrogens is 416 g/mol. The SMILES string of the molecule is COC(CN1CCN(c2ccc(C)c(C(=O)N(C=O)C3CCC(=O)NC3=O)c2)CC1)OC. The maximum absolute atomic E-state index is 13.2. The minimum absolute atomic E-state index is 0.0876. The Bertz CT molecular complexity index is 864. The molecule has 1 atom stereocenters. The number of amides is 4. The number of nitrogens with zero attached hydrogens (tertiary/aromatic N) is 3. The van der Waals surface area contributed by atoms with Gasteiger partial charge in [-0.15, -0.1) is 0 Å². The molecule has 4 amide bonds. The summed E-state index contributed by atoms with van der Waals surface area (Å²) in [7, 11) is 3.24. The molecule has 2 heterocycles. The highest BCUT2D eigenvalue weighted by Crippen LogP contribution is 2.23. The molecule has 1 aromatic rings. The zero-order chi connectivity index (χ0) is 23.3. The third kappa shape index (κ3) is 5.32. The van der Waals surface area contributed by atoms with Gasteiger partial charge < -0.3 is 14.4 Å². The summed E-state index contributed by atoms with van der Waals surface area (Å²) in [4.78, 5) is 53.8. The van der Waals surface area contributed by atoms with Gasteiger partial charge in [-0.05, 0) is 31.0 Å². The van der Waals surface area contributed by atoms with Crippen LogP contribution in [0.3, 0.4) is 0 Å². The summed E-state index contributed by atoms with van der Waals surface area (Å²) in [5.41, 5.74) is 1.95. The van der Waals surface area contributed by atoms with E-state index < -0.39 is 23.8 Å². The van der Waals surface area contributed by atoms with Crippen LogP contribution in [-0.4, -0.2) is 93.2 Å². The number of rotatable bonds is 8. The van der Waals surface area contributed by atoms with Gasteiger partial charge in [0.15, 0.2) is 6.29 Å². The van der Waals surface area contributed by atoms with Crippen LogP contribution in [0.15, 0.2) is 18.2 Å². The molecule has 1 aromatic carbocycles. The maximum atomic E-state index is 13.2. The summed E-state index contributed by atoms with van der Waals surface area (Å²) in [6.07, 6.45) is 0.311. The van der Waals surface area contributed by atoms with Crippen LogP contribution in [0.5, 0.6) is 0 Å². The van der Waals surface area contributed by atoms with Crippen molar-refractivity contribution in [3.63, 3.8) is 0 Å². The monoisotopic (exact) mass is 446 g/mol. The average molecular weight is 447 g/mol. The quantitative estimate of drug-likeness (QED) is 0.341. The molecule has 0 radical (unpaired) electrons. The Morgan fingerprint density at radius 1 is 1.22 bits per heavy atom. The molecule has 1 unspecified atom stereocenters. The lowest BCUT2D eigenvalue weighted by atomic mass is 10.0. The van der Waals surface area contributed by atoms with Crippen LogP contribution < -0.4 is 10.2 Å². The van der Waals surface area contributed by atoms with Gasteiger partial charge in [0, 0.05) is 64.6 Å². The van der Waals surface area contributed by atoms with E-state index in [9.17, 15) is 19.2 Å². The minimum atomic E-state index is -0.987. The molecule has 10 heteroatoms. The smallest absolute Gasteiger partial charge is 0.261 e. The van der Waals surface area contributed by atoms with Crippen LogP contribution in [0.25, 0.3) is 0 Å². The molecule has 2 aliphatic heterocycles. The number of piperazine rings is 1. The number of benzene rings is 1. The molecule has 0 spiro atoms. The molecular formula is C22H30N4O6. The van der Waals surface area contributed by atoms with Crippen molar-refractivity contribution in [1.82, 2.24) is 15.1 Å². The first-order chi connectivity index (χ1) is 15.4. The minimum Gasteiger partial charge on any atom is -0.369 e. The summed E-state index contributed by atoms with van der Waals surface area (Å²) in [6, 6.07) is 4.57. The van der Waals surface area contributed by atoms with Gasteiger partial charge in [-0.1, -0.05) is 6.07 Å². The van der Waals surface area contributed by atoms with E-state index in [2.05, 4.69) is 15.1 Å². The van der Waals surface area contributed by atoms with E-state index >= 15 is 0 Å². The highest BCUT2D eigenvalue weighted by Gasteiger charge is 2.35. The molecule has 1 N–H and O–H groups in total. The van der Waals surface area contributed by atoms with Crippen molar-refractivity contribution in [2.24, 2.45) is 0 Å². The number of carbonyl (C=O) groups is 4. The van der Waals surface area contributed by atoms with E-state index in [1.807, 2.05) is 12.1 Å². The van der Waals surface area contributed by atoms with Gasteiger partial charge in [0.25, 0.3) is 5.91 Å². The zero-order valence-corrected chi connectivity index (χ0v) is 18.7. The molecule has 2 saturated heterocycles. The summed E-state index contributed by atoms with van der Waals surface area (Å²) in [5.74, 6) is -1.57. The van der Waals surface area contributed by atoms with Crippen molar-refractivity contribution in [3.8, 4) is 0 Å². The van der Waals surface area contributed by atoms with Gasteiger partial charge in [0.05, 0.1) is 0 Å². The van der Waals surface area contributed by atoms with E-state index in [1.54, 1.807) is 27.2 Å². The number of hydrogen-bond acceptors (Lipinski definition) is 8. The van der Waals surface area contributed by atoms with E-state index in [-0.39, 0.29) is 19.1 Å². The molecule has 10 nitrogen and oxygen atoms in total. The number of piperidine rings is 1. The number of aryl methyl sites for hydroxylation is 1. The molecule has 32 heavy (non-hydrogen) atoms. The lowest BCUT2D eigenvalue weighted by Gasteiger charge is -2.37. The first-order valence-electron chi connectivity index (χ1n) is 10.6. The standard InChI is InChI=1S/C22H30N4O6/c1-15-4-5-16(25-10-8-24(9-11-25)13-20(31-2)32-3)12-17(15)22(30)26(14-27)18-6-7-19(28)23-21(18)29/h4-5,12,14,18,20H,6-11,13H2,1-3H3,(H,23,28,29). The van der Waals surface area contributed by atoms with E-state index in [1.165, 1.54) is 0 Å². The highest BCUT2D eigenvalue weighted by atomic mass is 16.7. The highest BCUT2D eigenvalue weighted by molar-refractivity contribution is 6.07. The molecule has 3 rings (SSSR count). The fourth-order valence-corrected chi connectivity index (χ4v) is 4.03. The fraction of sp³-hybridized carbons (Fsp3) is 0.545. The second-order valence-corrected chi connectivity index (χ2v) is 7.97. The average Bonchev–Trinajstić information content (AvgIpc) is 2.80. The number of methoxy groups -OCH3 is 2. The molecule has 0 saturated carbocycles. The molecule has 2 fully saturated rings. The number of ether oxygens (including phenoxy) is 2. The number of carbonyl (C=O) groups excluding carboxylic acids is 4. The van der Waals surface area contributed by atoms with Crippen LogP contribution in [-0.2, 0) is 23.9 Å². The Kier molecular flexibility index (Phi) is 7.94. The van der Waals surface area contributed by atoms with E-state index in [4.69, 9.17) is 9.47 Å². The van der Waals surface area contributed by atoms with Gasteiger partial charge in [-0.25, -0.2) is 0 Å². The Morgan fingerprint density at radius 3 is 2.50 bits per heavy atom. The summed E-state index contributed by atoms with van der Waals surface area (Å²) in [6.45, 7) is 5.63. The van der Waals surface area contributed by atoms with Crippen molar-refractivity contribution in [2.75, 3.05) is 51.8 Å². The van der Waals surface area contributed by atoms with Crippen LogP contribution in [0.4, 0.5) is 5.69 Å². The topological polar surface area (TPSA) is 108 Å². The lowest BCUT2D eigenvalue weighted by Crippen LogP contribution is -2.54. The van der Waals surface area contributed by atoms with Crippen LogP contribution in [0.2, 0.25) is 0 Å². The Balaban J connectivity index is 1.71. The predicted octanol–water partition coefficient (Wildman–Crippen LogP) is 0.140. The fourth-order valence-electron chi connectivity index (χ4n) is 4.03. The molecule has 0 aliphatic carbocycles. The van der Waals surface area contributed by atoms with Crippen LogP contribution in [0.1, 0.15) is 28.8 Å². The van der Waals surface area contributed by atoms with E-state index in [0.717, 1.165) is 36.8 Å². The number of imide groups is 2. The van der Waals surface area contributed by atoms with Gasteiger partial charge in [-0.3, -0.25) is 34.3 Å². The summed E-state index contributed by atoms with van der Waals surface area (Å²) >= 11 is 0. The van der Waals surface area contributed by atoms with Gasteiger partial charge >= 0.3 is 0 Å². The maximum Gasteiger partial charge on any atom is 0.261 e. The van der Waals surface area contributed by atoms with Crippen LogP contribution in [0, 0.1) is 6.92 Å². The summed E-state index contributed by atoms with van der Waals surface area (Å²) < 4.78 is 10.5. The molecule has 0 bridgehead atoms. The second-order valence-electron chi connectivity index (χ2n) is 7.97. The third-order valence-electron chi connectivity index (χ3n) is 6.02. The second kappa shape index (κ2) is 10.7. The van der Waals surface area contributed by atoms with Crippen LogP contribution >= 0.6 is 0 Å². The van der Waals surface area contributed by atoms with Crippen molar-refractivity contribution < 1.29 is 28.7 Å². The Morgan fingerprint density at radius 2 is 1.91 bits per heavy atom. The van der Waals surface area contributed by atoms with Crippen molar-refractivity contribution in [2.45, 2.75) is 32.1 Å². The van der Waals surface area contributed by atoms with Gasteiger partial charge in [0.2, 0.25) is 18.2 Å². The third-order valence-corrected chi connectivity index (χ3v) is 6.02. The zero-order valence-electron chi connectivity index (χ0n) is 18.7. The summed E-state index contributed by atoms with van der Waals surface area (Å²) in [5, 5.41) is 2.19. The number of hydrogen-bond donors (Lipinski definition) is 1.